The van der Waals surface area contributed by atoms with E-state index in [0.717, 1.165) is 28.7 Å². The summed E-state index contributed by atoms with van der Waals surface area (Å²) in [4.78, 5) is 24.7. The largest absolute Gasteiger partial charge is 0.460 e. The van der Waals surface area contributed by atoms with Gasteiger partial charge in [-0.25, -0.2) is 9.59 Å². The zero-order valence-electron chi connectivity index (χ0n) is 17.0. The SMILES string of the molecule is C=CCOC(=O)C(CCCCN)NC(=O)OCC1c2ccccc2-c2ccccc21. The average molecular weight is 408 g/mol. The molecule has 2 aromatic rings. The van der Waals surface area contributed by atoms with Crippen LogP contribution in [0.4, 0.5) is 4.79 Å². The fourth-order valence-electron chi connectivity index (χ4n) is 3.77. The van der Waals surface area contributed by atoms with Crippen LogP contribution < -0.4 is 11.1 Å². The molecule has 6 heteroatoms. The first-order chi connectivity index (χ1) is 14.7. The van der Waals surface area contributed by atoms with Crippen molar-refractivity contribution in [2.24, 2.45) is 5.73 Å². The molecule has 0 saturated carbocycles. The number of carbonyl (C=O) groups excluding carboxylic acids is 2. The highest BCUT2D eigenvalue weighted by Crippen LogP contribution is 2.44. The number of amides is 1. The number of unbranched alkanes of at least 4 members (excludes halogenated alkanes) is 1. The van der Waals surface area contributed by atoms with E-state index < -0.39 is 18.1 Å². The van der Waals surface area contributed by atoms with Crippen LogP contribution in [0.25, 0.3) is 11.1 Å². The lowest BCUT2D eigenvalue weighted by atomic mass is 9.98. The van der Waals surface area contributed by atoms with Crippen LogP contribution in [0, 0.1) is 0 Å². The van der Waals surface area contributed by atoms with E-state index in [2.05, 4.69) is 36.2 Å². The molecule has 0 saturated heterocycles. The zero-order valence-corrected chi connectivity index (χ0v) is 17.0. The standard InChI is InChI=1S/C24H28N2O4/c1-2-15-29-23(27)22(13-7-8-14-25)26-24(28)30-16-21-19-11-5-3-9-17(19)18-10-4-6-12-20(18)21/h2-6,9-12,21-22H,1,7-8,13-16,25H2,(H,26,28). The monoisotopic (exact) mass is 408 g/mol. The fourth-order valence-corrected chi connectivity index (χ4v) is 3.77. The molecule has 30 heavy (non-hydrogen) atoms. The van der Waals surface area contributed by atoms with Gasteiger partial charge in [0.15, 0.2) is 0 Å². The lowest BCUT2D eigenvalue weighted by Crippen LogP contribution is -2.42. The number of alkyl carbamates (subject to hydrolysis) is 1. The van der Waals surface area contributed by atoms with Crippen molar-refractivity contribution in [3.8, 4) is 11.1 Å². The van der Waals surface area contributed by atoms with Crippen molar-refractivity contribution in [3.05, 3.63) is 72.3 Å². The Bertz CT molecular complexity index is 851. The summed E-state index contributed by atoms with van der Waals surface area (Å²) in [5.74, 6) is -0.535. The quantitative estimate of drug-likeness (QED) is 0.355. The summed E-state index contributed by atoms with van der Waals surface area (Å²) >= 11 is 0. The van der Waals surface area contributed by atoms with Gasteiger partial charge in [0.1, 0.15) is 19.3 Å². The Balaban J connectivity index is 1.63. The smallest absolute Gasteiger partial charge is 0.407 e. The number of benzene rings is 2. The number of fused-ring (bicyclic) bond motifs is 3. The van der Waals surface area contributed by atoms with E-state index in [1.807, 2.05) is 24.3 Å². The van der Waals surface area contributed by atoms with Crippen molar-refractivity contribution in [3.63, 3.8) is 0 Å². The molecule has 3 N–H and O–H groups in total. The number of ether oxygens (including phenoxy) is 2. The third-order valence-corrected chi connectivity index (χ3v) is 5.21. The minimum Gasteiger partial charge on any atom is -0.460 e. The van der Waals surface area contributed by atoms with Gasteiger partial charge < -0.3 is 20.5 Å². The highest BCUT2D eigenvalue weighted by atomic mass is 16.6. The van der Waals surface area contributed by atoms with Gasteiger partial charge in [0, 0.05) is 5.92 Å². The van der Waals surface area contributed by atoms with Gasteiger partial charge in [0.05, 0.1) is 0 Å². The van der Waals surface area contributed by atoms with Gasteiger partial charge >= 0.3 is 12.1 Å². The number of hydrogen-bond donors (Lipinski definition) is 2. The molecule has 2 aromatic carbocycles. The van der Waals surface area contributed by atoms with Gasteiger partial charge in [-0.05, 0) is 48.1 Å². The molecule has 1 aliphatic carbocycles. The molecule has 0 fully saturated rings. The molecule has 0 aromatic heterocycles. The van der Waals surface area contributed by atoms with Crippen LogP contribution >= 0.6 is 0 Å². The second kappa shape index (κ2) is 10.6. The summed E-state index contributed by atoms with van der Waals surface area (Å²) in [6.07, 6.45) is 2.76. The fraction of sp³-hybridized carbons (Fsp3) is 0.333. The third-order valence-electron chi connectivity index (χ3n) is 5.21. The van der Waals surface area contributed by atoms with Crippen LogP contribution in [0.5, 0.6) is 0 Å². The number of nitrogens with two attached hydrogens (primary N) is 1. The molecule has 158 valence electrons. The van der Waals surface area contributed by atoms with Gasteiger partial charge in [-0.15, -0.1) is 0 Å². The molecule has 0 radical (unpaired) electrons. The molecule has 1 aliphatic rings. The summed E-state index contributed by atoms with van der Waals surface area (Å²) in [6, 6.07) is 15.5. The summed E-state index contributed by atoms with van der Waals surface area (Å²) in [7, 11) is 0. The van der Waals surface area contributed by atoms with Crippen molar-refractivity contribution in [2.45, 2.75) is 31.2 Å². The number of nitrogens with one attached hydrogen (secondary N) is 1. The van der Waals surface area contributed by atoms with E-state index in [9.17, 15) is 9.59 Å². The highest BCUT2D eigenvalue weighted by molar-refractivity contribution is 5.82. The van der Waals surface area contributed by atoms with E-state index in [0.29, 0.717) is 19.4 Å². The van der Waals surface area contributed by atoms with Crippen LogP contribution in [0.2, 0.25) is 0 Å². The summed E-state index contributed by atoms with van der Waals surface area (Å²) in [6.45, 7) is 4.35. The molecular weight excluding hydrogens is 380 g/mol. The molecule has 3 rings (SSSR count). The molecule has 0 spiro atoms. The molecule has 1 unspecified atom stereocenters. The summed E-state index contributed by atoms with van der Waals surface area (Å²) < 4.78 is 10.6. The maximum atomic E-state index is 12.5. The minimum atomic E-state index is -0.771. The molecule has 1 amide bonds. The predicted octanol–water partition coefficient (Wildman–Crippen LogP) is 3.75. The molecule has 1 atom stereocenters. The first-order valence-corrected chi connectivity index (χ1v) is 10.2. The maximum Gasteiger partial charge on any atom is 0.407 e. The van der Waals surface area contributed by atoms with E-state index in [1.165, 1.54) is 6.08 Å². The molecule has 6 nitrogen and oxygen atoms in total. The Morgan fingerprint density at radius 1 is 1.03 bits per heavy atom. The maximum absolute atomic E-state index is 12.5. The predicted molar refractivity (Wildman–Crippen MR) is 116 cm³/mol. The van der Waals surface area contributed by atoms with Crippen LogP contribution in [-0.2, 0) is 14.3 Å². The molecule has 0 bridgehead atoms. The number of esters is 1. The second-order valence-corrected chi connectivity index (χ2v) is 7.23. The van der Waals surface area contributed by atoms with Gasteiger partial charge in [-0.3, -0.25) is 0 Å². The Kier molecular flexibility index (Phi) is 7.63. The normalized spacial score (nSPS) is 13.1. The summed E-state index contributed by atoms with van der Waals surface area (Å²) in [5, 5.41) is 2.65. The van der Waals surface area contributed by atoms with E-state index in [1.54, 1.807) is 0 Å². The van der Waals surface area contributed by atoms with Crippen molar-refractivity contribution >= 4 is 12.1 Å². The van der Waals surface area contributed by atoms with Gasteiger partial charge in [0.2, 0.25) is 0 Å². The summed E-state index contributed by atoms with van der Waals surface area (Å²) in [5.41, 5.74) is 10.1. The average Bonchev–Trinajstić information content (AvgIpc) is 3.09. The lowest BCUT2D eigenvalue weighted by molar-refractivity contribution is -0.145. The van der Waals surface area contributed by atoms with Gasteiger partial charge in [0.25, 0.3) is 0 Å². The topological polar surface area (TPSA) is 90.6 Å². The molecular formula is C24H28N2O4. The molecule has 0 heterocycles. The van der Waals surface area contributed by atoms with E-state index in [-0.39, 0.29) is 19.1 Å². The number of carbonyl (C=O) groups is 2. The van der Waals surface area contributed by atoms with Crippen molar-refractivity contribution in [2.75, 3.05) is 19.8 Å². The van der Waals surface area contributed by atoms with E-state index in [4.69, 9.17) is 15.2 Å². The third kappa shape index (κ3) is 5.07. The minimum absolute atomic E-state index is 0.0356. The van der Waals surface area contributed by atoms with Crippen LogP contribution in [0.1, 0.15) is 36.3 Å². The van der Waals surface area contributed by atoms with E-state index >= 15 is 0 Å². The first-order valence-electron chi connectivity index (χ1n) is 10.2. The Hall–Kier alpha value is -3.12. The first kappa shape index (κ1) is 21.6. The van der Waals surface area contributed by atoms with Crippen molar-refractivity contribution in [1.82, 2.24) is 5.32 Å². The van der Waals surface area contributed by atoms with Crippen LogP contribution in [0.3, 0.4) is 0 Å². The van der Waals surface area contributed by atoms with Crippen LogP contribution in [-0.4, -0.2) is 37.9 Å². The lowest BCUT2D eigenvalue weighted by Gasteiger charge is -2.19. The second-order valence-electron chi connectivity index (χ2n) is 7.23. The number of rotatable bonds is 10. The Morgan fingerprint density at radius 2 is 1.67 bits per heavy atom. The Labute approximate surface area is 177 Å². The van der Waals surface area contributed by atoms with Crippen LogP contribution in [0.15, 0.2) is 61.2 Å². The highest BCUT2D eigenvalue weighted by Gasteiger charge is 2.29. The van der Waals surface area contributed by atoms with Gasteiger partial charge in [-0.1, -0.05) is 61.2 Å². The zero-order chi connectivity index (χ0) is 21.3. The van der Waals surface area contributed by atoms with Crippen molar-refractivity contribution < 1.29 is 19.1 Å². The van der Waals surface area contributed by atoms with Gasteiger partial charge in [-0.2, -0.15) is 0 Å². The van der Waals surface area contributed by atoms with Crippen molar-refractivity contribution in [1.29, 1.82) is 0 Å². The Morgan fingerprint density at radius 3 is 2.27 bits per heavy atom. The number of hydrogen-bond acceptors (Lipinski definition) is 5. The molecule has 0 aliphatic heterocycles.